The minimum Gasteiger partial charge on any atom is -0.469 e. The molecular weight excluding hydrogens is 275 g/mol. The molecule has 0 unspecified atom stereocenters. The summed E-state index contributed by atoms with van der Waals surface area (Å²) >= 11 is 0. The summed E-state index contributed by atoms with van der Waals surface area (Å²) in [6, 6.07) is 5.99. The third-order valence-electron chi connectivity index (χ3n) is 2.96. The summed E-state index contributed by atoms with van der Waals surface area (Å²) in [5.74, 6) is -0.653. The van der Waals surface area contributed by atoms with E-state index in [0.717, 1.165) is 5.56 Å². The van der Waals surface area contributed by atoms with E-state index in [1.54, 1.807) is 12.1 Å². The van der Waals surface area contributed by atoms with Gasteiger partial charge in [-0.2, -0.15) is 0 Å². The normalized spacial score (nSPS) is 10.5. The molecule has 0 radical (unpaired) electrons. The summed E-state index contributed by atoms with van der Waals surface area (Å²) in [5, 5.41) is 2.76. The number of nitrogens with zero attached hydrogens (tertiary/aromatic N) is 1. The third kappa shape index (κ3) is 7.41. The number of nitrogens with one attached hydrogen (secondary N) is 1. The minimum absolute atomic E-state index is 0.111. The van der Waals surface area contributed by atoms with Crippen LogP contribution in [0.25, 0.3) is 0 Å². The van der Waals surface area contributed by atoms with Crippen molar-refractivity contribution in [3.8, 4) is 0 Å². The number of hydrogen-bond donors (Lipinski definition) is 1. The van der Waals surface area contributed by atoms with Gasteiger partial charge >= 0.3 is 5.97 Å². The molecule has 21 heavy (non-hydrogen) atoms. The Morgan fingerprint density at radius 1 is 1.29 bits per heavy atom. The lowest BCUT2D eigenvalue weighted by atomic mass is 10.2. The van der Waals surface area contributed by atoms with Gasteiger partial charge in [0, 0.05) is 13.0 Å². The zero-order chi connectivity index (χ0) is 15.7. The van der Waals surface area contributed by atoms with E-state index >= 15 is 0 Å². The first kappa shape index (κ1) is 17.1. The van der Waals surface area contributed by atoms with Crippen molar-refractivity contribution in [2.75, 3.05) is 27.2 Å². The van der Waals surface area contributed by atoms with Gasteiger partial charge in [0.2, 0.25) is 5.91 Å². The molecule has 1 amide bonds. The summed E-state index contributed by atoms with van der Waals surface area (Å²) in [6.07, 6.45) is 0.993. The maximum Gasteiger partial charge on any atom is 0.305 e. The molecule has 1 N–H and O–H groups in total. The summed E-state index contributed by atoms with van der Waals surface area (Å²) in [5.41, 5.74) is 0.845. The van der Waals surface area contributed by atoms with Crippen LogP contribution in [-0.4, -0.2) is 44.0 Å². The van der Waals surface area contributed by atoms with E-state index in [9.17, 15) is 14.0 Å². The highest BCUT2D eigenvalue weighted by Crippen LogP contribution is 2.02. The first-order chi connectivity index (χ1) is 10.0. The largest absolute Gasteiger partial charge is 0.469 e. The number of hydrogen-bond acceptors (Lipinski definition) is 4. The first-order valence-corrected chi connectivity index (χ1v) is 6.77. The zero-order valence-electron chi connectivity index (χ0n) is 12.4. The lowest BCUT2D eigenvalue weighted by Crippen LogP contribution is -2.35. The number of carbonyl (C=O) groups excluding carboxylic acids is 2. The molecule has 0 spiro atoms. The van der Waals surface area contributed by atoms with E-state index in [-0.39, 0.29) is 24.2 Å². The second-order valence-electron chi connectivity index (χ2n) is 4.82. The van der Waals surface area contributed by atoms with Gasteiger partial charge in [0.15, 0.2) is 0 Å². The number of amides is 1. The van der Waals surface area contributed by atoms with Crippen LogP contribution in [0.3, 0.4) is 0 Å². The number of rotatable bonds is 8. The lowest BCUT2D eigenvalue weighted by molar-refractivity contribution is -0.140. The van der Waals surface area contributed by atoms with Gasteiger partial charge in [-0.05, 0) is 37.7 Å². The minimum atomic E-state index is -0.296. The summed E-state index contributed by atoms with van der Waals surface area (Å²) in [4.78, 5) is 24.5. The van der Waals surface area contributed by atoms with Gasteiger partial charge in [-0.1, -0.05) is 12.1 Å². The molecule has 0 fully saturated rings. The number of halogens is 1. The Labute approximate surface area is 124 Å². The van der Waals surface area contributed by atoms with E-state index in [2.05, 4.69) is 10.1 Å². The van der Waals surface area contributed by atoms with Crippen molar-refractivity contribution in [2.45, 2.75) is 19.4 Å². The SMILES string of the molecule is COC(=O)CCCN(C)CC(=O)NCc1ccc(F)cc1. The van der Waals surface area contributed by atoms with Crippen LogP contribution in [0.1, 0.15) is 18.4 Å². The van der Waals surface area contributed by atoms with Crippen LogP contribution in [0, 0.1) is 5.82 Å². The number of ether oxygens (including phenoxy) is 1. The molecule has 1 rings (SSSR count). The van der Waals surface area contributed by atoms with Crippen LogP contribution in [0.4, 0.5) is 4.39 Å². The number of likely N-dealkylation sites (N-methyl/N-ethyl adjacent to an activating group) is 1. The molecule has 1 aromatic carbocycles. The second-order valence-corrected chi connectivity index (χ2v) is 4.82. The van der Waals surface area contributed by atoms with Crippen LogP contribution < -0.4 is 5.32 Å². The van der Waals surface area contributed by atoms with Crippen molar-refractivity contribution >= 4 is 11.9 Å². The zero-order valence-corrected chi connectivity index (χ0v) is 12.4. The standard InChI is InChI=1S/C15H21FN2O3/c1-18(9-3-4-15(20)21-2)11-14(19)17-10-12-5-7-13(16)8-6-12/h5-8H,3-4,9-11H2,1-2H3,(H,17,19). The average molecular weight is 296 g/mol. The van der Waals surface area contributed by atoms with Crippen molar-refractivity contribution in [1.29, 1.82) is 0 Å². The highest BCUT2D eigenvalue weighted by Gasteiger charge is 2.07. The fourth-order valence-corrected chi connectivity index (χ4v) is 1.78. The average Bonchev–Trinajstić information content (AvgIpc) is 2.46. The Bertz CT molecular complexity index is 462. The van der Waals surface area contributed by atoms with Crippen LogP contribution >= 0.6 is 0 Å². The van der Waals surface area contributed by atoms with Gasteiger partial charge in [0.1, 0.15) is 5.82 Å². The van der Waals surface area contributed by atoms with E-state index in [0.29, 0.717) is 25.9 Å². The van der Waals surface area contributed by atoms with Gasteiger partial charge in [-0.15, -0.1) is 0 Å². The summed E-state index contributed by atoms with van der Waals surface area (Å²) in [6.45, 7) is 1.26. The van der Waals surface area contributed by atoms with Crippen molar-refractivity contribution < 1.29 is 18.7 Å². The maximum atomic E-state index is 12.7. The number of benzene rings is 1. The van der Waals surface area contributed by atoms with Gasteiger partial charge < -0.3 is 10.1 Å². The first-order valence-electron chi connectivity index (χ1n) is 6.77. The van der Waals surface area contributed by atoms with Gasteiger partial charge in [0.05, 0.1) is 13.7 Å². The van der Waals surface area contributed by atoms with Crippen molar-refractivity contribution in [1.82, 2.24) is 10.2 Å². The molecule has 0 atom stereocenters. The maximum absolute atomic E-state index is 12.7. The van der Waals surface area contributed by atoms with Crippen molar-refractivity contribution in [2.24, 2.45) is 0 Å². The van der Waals surface area contributed by atoms with Crippen LogP contribution in [0.5, 0.6) is 0 Å². The van der Waals surface area contributed by atoms with Crippen LogP contribution in [-0.2, 0) is 20.9 Å². The highest BCUT2D eigenvalue weighted by molar-refractivity contribution is 5.78. The van der Waals surface area contributed by atoms with Gasteiger partial charge in [-0.25, -0.2) is 4.39 Å². The fourth-order valence-electron chi connectivity index (χ4n) is 1.78. The molecule has 6 heteroatoms. The molecule has 1 aromatic rings. The highest BCUT2D eigenvalue weighted by atomic mass is 19.1. The smallest absolute Gasteiger partial charge is 0.305 e. The van der Waals surface area contributed by atoms with Crippen molar-refractivity contribution in [3.05, 3.63) is 35.6 Å². The molecule has 0 bridgehead atoms. The molecule has 5 nitrogen and oxygen atoms in total. The molecule has 0 aliphatic carbocycles. The summed E-state index contributed by atoms with van der Waals surface area (Å²) in [7, 11) is 3.17. The van der Waals surface area contributed by atoms with E-state index in [1.165, 1.54) is 19.2 Å². The molecule has 0 saturated carbocycles. The molecule has 0 saturated heterocycles. The van der Waals surface area contributed by atoms with E-state index in [4.69, 9.17) is 0 Å². The molecule has 0 aromatic heterocycles. The molecular formula is C15H21FN2O3. The van der Waals surface area contributed by atoms with Gasteiger partial charge in [-0.3, -0.25) is 14.5 Å². The third-order valence-corrected chi connectivity index (χ3v) is 2.96. The predicted octanol–water partition coefficient (Wildman–Crippen LogP) is 1.33. The Kier molecular flexibility index (Phi) is 7.39. The monoisotopic (exact) mass is 296 g/mol. The Morgan fingerprint density at radius 2 is 1.95 bits per heavy atom. The Balaban J connectivity index is 2.20. The number of esters is 1. The predicted molar refractivity (Wildman–Crippen MR) is 77.0 cm³/mol. The van der Waals surface area contributed by atoms with Crippen LogP contribution in [0.2, 0.25) is 0 Å². The number of methoxy groups -OCH3 is 1. The molecule has 0 aliphatic heterocycles. The van der Waals surface area contributed by atoms with Crippen LogP contribution in [0.15, 0.2) is 24.3 Å². The van der Waals surface area contributed by atoms with E-state index < -0.39 is 0 Å². The Hall–Kier alpha value is -1.95. The molecule has 0 aliphatic rings. The second kappa shape index (κ2) is 9.07. The Morgan fingerprint density at radius 3 is 2.57 bits per heavy atom. The van der Waals surface area contributed by atoms with Gasteiger partial charge in [0.25, 0.3) is 0 Å². The fraction of sp³-hybridized carbons (Fsp3) is 0.467. The number of carbonyl (C=O) groups is 2. The van der Waals surface area contributed by atoms with Crippen molar-refractivity contribution in [3.63, 3.8) is 0 Å². The quantitative estimate of drug-likeness (QED) is 0.735. The van der Waals surface area contributed by atoms with E-state index in [1.807, 2.05) is 11.9 Å². The molecule has 0 heterocycles. The molecule has 116 valence electrons. The lowest BCUT2D eigenvalue weighted by Gasteiger charge is -2.15. The topological polar surface area (TPSA) is 58.6 Å². The summed E-state index contributed by atoms with van der Waals surface area (Å²) < 4.78 is 17.3.